The molecule has 3 atom stereocenters. The van der Waals surface area contributed by atoms with E-state index in [2.05, 4.69) is 13.8 Å². The molecular formula is C10H18O2. The zero-order valence-electron chi connectivity index (χ0n) is 8.17. The summed E-state index contributed by atoms with van der Waals surface area (Å²) in [5.41, 5.74) is 0. The van der Waals surface area contributed by atoms with E-state index in [9.17, 15) is 4.79 Å². The number of hydrogen-bond donors (Lipinski definition) is 0. The summed E-state index contributed by atoms with van der Waals surface area (Å²) >= 11 is 0. The maximum atomic E-state index is 11.3. The molecule has 12 heavy (non-hydrogen) atoms. The van der Waals surface area contributed by atoms with Gasteiger partial charge < -0.3 is 4.74 Å². The van der Waals surface area contributed by atoms with Gasteiger partial charge >= 0.3 is 5.97 Å². The van der Waals surface area contributed by atoms with E-state index in [4.69, 9.17) is 4.74 Å². The first-order chi connectivity index (χ1) is 5.76. The zero-order chi connectivity index (χ0) is 9.14. The van der Waals surface area contributed by atoms with Crippen LogP contribution in [0.1, 0.15) is 33.6 Å². The van der Waals surface area contributed by atoms with Crippen LogP contribution in [0.4, 0.5) is 0 Å². The van der Waals surface area contributed by atoms with Gasteiger partial charge in [-0.05, 0) is 18.8 Å². The van der Waals surface area contributed by atoms with Gasteiger partial charge in [0.05, 0.1) is 12.5 Å². The average molecular weight is 170 g/mol. The normalized spacial score (nSPS) is 33.1. The zero-order valence-corrected chi connectivity index (χ0v) is 8.17. The molecule has 0 aromatic rings. The molecule has 1 aliphatic rings. The fraction of sp³-hybridized carbons (Fsp3) is 0.900. The lowest BCUT2D eigenvalue weighted by atomic mass is 10.2. The summed E-state index contributed by atoms with van der Waals surface area (Å²) in [6.45, 7) is 6.67. The molecule has 1 unspecified atom stereocenters. The molecule has 0 radical (unpaired) electrons. The molecule has 2 heteroatoms. The van der Waals surface area contributed by atoms with Crippen LogP contribution in [0, 0.1) is 17.8 Å². The van der Waals surface area contributed by atoms with Crippen LogP contribution >= 0.6 is 0 Å². The SMILES string of the molecule is CCOC(=O)C1[C@@H](CC)[C@H]1CC. The molecule has 1 fully saturated rings. The Balaban J connectivity index is 2.39. The van der Waals surface area contributed by atoms with Crippen molar-refractivity contribution in [3.63, 3.8) is 0 Å². The van der Waals surface area contributed by atoms with E-state index >= 15 is 0 Å². The lowest BCUT2D eigenvalue weighted by Crippen LogP contribution is -2.08. The minimum Gasteiger partial charge on any atom is -0.466 e. The molecule has 0 bridgehead atoms. The van der Waals surface area contributed by atoms with Crippen molar-refractivity contribution in [2.24, 2.45) is 17.8 Å². The first kappa shape index (κ1) is 9.56. The van der Waals surface area contributed by atoms with Crippen LogP contribution in [0.3, 0.4) is 0 Å². The number of carbonyl (C=O) groups excluding carboxylic acids is 1. The highest BCUT2D eigenvalue weighted by Gasteiger charge is 2.52. The van der Waals surface area contributed by atoms with E-state index in [1.54, 1.807) is 0 Å². The molecule has 0 aromatic heterocycles. The van der Waals surface area contributed by atoms with Gasteiger partial charge in [0.1, 0.15) is 0 Å². The third-order valence-electron chi connectivity index (χ3n) is 2.83. The highest BCUT2D eigenvalue weighted by Crippen LogP contribution is 2.51. The average Bonchev–Trinajstić information content (AvgIpc) is 2.77. The molecule has 70 valence electrons. The molecule has 0 heterocycles. The summed E-state index contributed by atoms with van der Waals surface area (Å²) in [4.78, 5) is 11.3. The van der Waals surface area contributed by atoms with Gasteiger partial charge in [-0.15, -0.1) is 0 Å². The fourth-order valence-corrected chi connectivity index (χ4v) is 2.15. The van der Waals surface area contributed by atoms with Gasteiger partial charge in [0, 0.05) is 0 Å². The van der Waals surface area contributed by atoms with Crippen LogP contribution in [0.5, 0.6) is 0 Å². The lowest BCUT2D eigenvalue weighted by Gasteiger charge is -1.98. The molecule has 1 saturated carbocycles. The third kappa shape index (κ3) is 1.62. The topological polar surface area (TPSA) is 26.3 Å². The van der Waals surface area contributed by atoms with Crippen LogP contribution < -0.4 is 0 Å². The molecule has 2 nitrogen and oxygen atoms in total. The third-order valence-corrected chi connectivity index (χ3v) is 2.83. The Morgan fingerprint density at radius 2 is 1.67 bits per heavy atom. The van der Waals surface area contributed by atoms with E-state index in [0.29, 0.717) is 18.4 Å². The Morgan fingerprint density at radius 1 is 1.17 bits per heavy atom. The number of hydrogen-bond acceptors (Lipinski definition) is 2. The number of carbonyl (C=O) groups is 1. The maximum absolute atomic E-state index is 11.3. The molecule has 0 amide bonds. The largest absolute Gasteiger partial charge is 0.466 e. The summed E-state index contributed by atoms with van der Waals surface area (Å²) < 4.78 is 4.99. The predicted octanol–water partition coefficient (Wildman–Crippen LogP) is 2.23. The maximum Gasteiger partial charge on any atom is 0.309 e. The Hall–Kier alpha value is -0.530. The van der Waals surface area contributed by atoms with E-state index in [1.165, 1.54) is 0 Å². The van der Waals surface area contributed by atoms with Crippen molar-refractivity contribution in [2.45, 2.75) is 33.6 Å². The van der Waals surface area contributed by atoms with Crippen LogP contribution in [-0.2, 0) is 9.53 Å². The molecule has 1 aliphatic carbocycles. The van der Waals surface area contributed by atoms with E-state index in [-0.39, 0.29) is 11.9 Å². The van der Waals surface area contributed by atoms with Gasteiger partial charge in [-0.2, -0.15) is 0 Å². The lowest BCUT2D eigenvalue weighted by molar-refractivity contribution is -0.145. The highest BCUT2D eigenvalue weighted by atomic mass is 16.5. The first-order valence-corrected chi connectivity index (χ1v) is 4.92. The summed E-state index contributed by atoms with van der Waals surface area (Å²) in [5.74, 6) is 1.46. The molecule has 0 aromatic carbocycles. The quantitative estimate of drug-likeness (QED) is 0.605. The van der Waals surface area contributed by atoms with Crippen molar-refractivity contribution in [2.75, 3.05) is 6.61 Å². The van der Waals surface area contributed by atoms with Crippen molar-refractivity contribution in [1.82, 2.24) is 0 Å². The van der Waals surface area contributed by atoms with Crippen molar-refractivity contribution < 1.29 is 9.53 Å². The van der Waals surface area contributed by atoms with Gasteiger partial charge in [-0.3, -0.25) is 4.79 Å². The summed E-state index contributed by atoms with van der Waals surface area (Å²) in [5, 5.41) is 0. The minimum atomic E-state index is 0.0243. The number of rotatable bonds is 4. The molecule has 0 spiro atoms. The van der Waals surface area contributed by atoms with Gasteiger partial charge in [0.25, 0.3) is 0 Å². The monoisotopic (exact) mass is 170 g/mol. The highest BCUT2D eigenvalue weighted by molar-refractivity contribution is 5.76. The van der Waals surface area contributed by atoms with E-state index in [0.717, 1.165) is 12.8 Å². The van der Waals surface area contributed by atoms with Crippen LogP contribution in [0.25, 0.3) is 0 Å². The fourth-order valence-electron chi connectivity index (χ4n) is 2.15. The summed E-state index contributed by atoms with van der Waals surface area (Å²) in [7, 11) is 0. The van der Waals surface area contributed by atoms with Gasteiger partial charge in [-0.25, -0.2) is 0 Å². The molecule has 1 rings (SSSR count). The Kier molecular flexibility index (Phi) is 3.12. The van der Waals surface area contributed by atoms with E-state index in [1.807, 2.05) is 6.92 Å². The van der Waals surface area contributed by atoms with Gasteiger partial charge in [-0.1, -0.05) is 26.7 Å². The number of ether oxygens (including phenoxy) is 1. The predicted molar refractivity (Wildman–Crippen MR) is 47.7 cm³/mol. The van der Waals surface area contributed by atoms with Crippen LogP contribution in [-0.4, -0.2) is 12.6 Å². The van der Waals surface area contributed by atoms with Gasteiger partial charge in [0.15, 0.2) is 0 Å². The molecule has 0 saturated heterocycles. The van der Waals surface area contributed by atoms with Crippen molar-refractivity contribution >= 4 is 5.97 Å². The van der Waals surface area contributed by atoms with Crippen LogP contribution in [0.15, 0.2) is 0 Å². The van der Waals surface area contributed by atoms with Crippen molar-refractivity contribution in [1.29, 1.82) is 0 Å². The van der Waals surface area contributed by atoms with Gasteiger partial charge in [0.2, 0.25) is 0 Å². The molecular weight excluding hydrogens is 152 g/mol. The standard InChI is InChI=1S/C10H18O2/c1-4-7-8(5-2)9(7)10(11)12-6-3/h7-9H,4-6H2,1-3H3/t7-,8+,9?. The minimum absolute atomic E-state index is 0.0243. The number of esters is 1. The second-order valence-electron chi connectivity index (χ2n) is 3.42. The van der Waals surface area contributed by atoms with Crippen molar-refractivity contribution in [3.8, 4) is 0 Å². The first-order valence-electron chi connectivity index (χ1n) is 4.92. The Bertz CT molecular complexity index is 155. The summed E-state index contributed by atoms with van der Waals surface area (Å²) in [6, 6.07) is 0. The van der Waals surface area contributed by atoms with Crippen molar-refractivity contribution in [3.05, 3.63) is 0 Å². The van der Waals surface area contributed by atoms with Crippen LogP contribution in [0.2, 0.25) is 0 Å². The Morgan fingerprint density at radius 3 is 2.00 bits per heavy atom. The second-order valence-corrected chi connectivity index (χ2v) is 3.42. The smallest absolute Gasteiger partial charge is 0.309 e. The Labute approximate surface area is 74.3 Å². The van der Waals surface area contributed by atoms with E-state index < -0.39 is 0 Å². The second kappa shape index (κ2) is 3.92. The summed E-state index contributed by atoms with van der Waals surface area (Å²) in [6.07, 6.45) is 2.23. The molecule has 0 aliphatic heterocycles. The molecule has 0 N–H and O–H groups in total.